The van der Waals surface area contributed by atoms with Crippen molar-refractivity contribution in [2.75, 3.05) is 32.7 Å². The third-order valence-corrected chi connectivity index (χ3v) is 5.35. The molecule has 1 rings (SSSR count). The predicted molar refractivity (Wildman–Crippen MR) is 89.3 cm³/mol. The summed E-state index contributed by atoms with van der Waals surface area (Å²) in [5, 5.41) is 0. The summed E-state index contributed by atoms with van der Waals surface area (Å²) in [5.41, 5.74) is 0. The van der Waals surface area contributed by atoms with Crippen molar-refractivity contribution in [1.29, 1.82) is 0 Å². The molecule has 24 heavy (non-hydrogen) atoms. The molecule has 0 radical (unpaired) electrons. The van der Waals surface area contributed by atoms with Crippen LogP contribution in [0.25, 0.3) is 0 Å². The fourth-order valence-electron chi connectivity index (χ4n) is 2.03. The van der Waals surface area contributed by atoms with Gasteiger partial charge in [0.2, 0.25) is 0 Å². The van der Waals surface area contributed by atoms with E-state index >= 15 is 0 Å². The Balaban J connectivity index is 2.77. The van der Waals surface area contributed by atoms with E-state index in [4.69, 9.17) is 22.7 Å². The molecule has 1 aliphatic rings. The third kappa shape index (κ3) is 9.27. The molecule has 0 spiro atoms. The quantitative estimate of drug-likeness (QED) is 0.395. The maximum atomic E-state index is 12.4. The lowest BCUT2D eigenvalue weighted by atomic mass is 10.2. The molecule has 0 aliphatic carbocycles. The second-order valence-corrected chi connectivity index (χ2v) is 8.71. The molecule has 0 aromatic carbocycles. The van der Waals surface area contributed by atoms with Gasteiger partial charge in [-0.3, -0.25) is 8.75 Å². The van der Waals surface area contributed by atoms with Crippen LogP contribution in [0.1, 0.15) is 33.1 Å². The SMILES string of the molecule is CCOP(=O)(C=C[C@@H](COS(C)(=O)=O)O[C@@H]1CCCCO1)OCC. The Morgan fingerprint density at radius 1 is 1.25 bits per heavy atom. The lowest BCUT2D eigenvalue weighted by Crippen LogP contribution is -2.30. The maximum absolute atomic E-state index is 12.4. The molecule has 1 fully saturated rings. The van der Waals surface area contributed by atoms with Crippen molar-refractivity contribution in [3.8, 4) is 0 Å². The zero-order valence-electron chi connectivity index (χ0n) is 14.4. The minimum absolute atomic E-state index is 0.221. The predicted octanol–water partition coefficient (Wildman–Crippen LogP) is 2.65. The lowest BCUT2D eigenvalue weighted by molar-refractivity contribution is -0.182. The van der Waals surface area contributed by atoms with Crippen LogP contribution in [0.3, 0.4) is 0 Å². The molecule has 0 bridgehead atoms. The Hall–Kier alpha value is -0.280. The van der Waals surface area contributed by atoms with E-state index in [2.05, 4.69) is 0 Å². The molecule has 0 unspecified atom stereocenters. The van der Waals surface area contributed by atoms with Gasteiger partial charge in [0.25, 0.3) is 10.1 Å². The van der Waals surface area contributed by atoms with Gasteiger partial charge < -0.3 is 18.5 Å². The van der Waals surface area contributed by atoms with Gasteiger partial charge >= 0.3 is 7.60 Å². The van der Waals surface area contributed by atoms with E-state index in [1.54, 1.807) is 13.8 Å². The van der Waals surface area contributed by atoms with E-state index in [-0.39, 0.29) is 19.8 Å². The second-order valence-electron chi connectivity index (χ2n) is 5.18. The van der Waals surface area contributed by atoms with Gasteiger partial charge in [-0.2, -0.15) is 8.42 Å². The minimum Gasteiger partial charge on any atom is -0.353 e. The van der Waals surface area contributed by atoms with E-state index in [1.165, 1.54) is 11.9 Å². The average Bonchev–Trinajstić information content (AvgIpc) is 2.51. The van der Waals surface area contributed by atoms with Crippen molar-refractivity contribution in [1.82, 2.24) is 0 Å². The highest BCUT2D eigenvalue weighted by Gasteiger charge is 2.23. The summed E-state index contributed by atoms with van der Waals surface area (Å²) in [4.78, 5) is 0. The van der Waals surface area contributed by atoms with Gasteiger partial charge in [0.1, 0.15) is 6.10 Å². The van der Waals surface area contributed by atoms with Crippen LogP contribution in [0.2, 0.25) is 0 Å². The third-order valence-electron chi connectivity index (χ3n) is 3.01. The molecule has 8 nitrogen and oxygen atoms in total. The van der Waals surface area contributed by atoms with Crippen molar-refractivity contribution >= 4 is 17.7 Å². The summed E-state index contributed by atoms with van der Waals surface area (Å²) in [6.07, 6.45) is 3.82. The zero-order chi connectivity index (χ0) is 18.1. The molecule has 0 N–H and O–H groups in total. The summed E-state index contributed by atoms with van der Waals surface area (Å²) in [7, 11) is -7.02. The van der Waals surface area contributed by atoms with Crippen molar-refractivity contribution in [3.63, 3.8) is 0 Å². The molecule has 10 heteroatoms. The number of ether oxygens (including phenoxy) is 2. The molecule has 0 saturated carbocycles. The summed E-state index contributed by atoms with van der Waals surface area (Å²) < 4.78 is 61.1. The highest BCUT2D eigenvalue weighted by molar-refractivity contribution is 7.85. The minimum atomic E-state index is -3.62. The van der Waals surface area contributed by atoms with Gasteiger partial charge in [0, 0.05) is 12.4 Å². The molecular weight excluding hydrogens is 359 g/mol. The first-order valence-electron chi connectivity index (χ1n) is 7.97. The molecule has 142 valence electrons. The van der Waals surface area contributed by atoms with Crippen LogP contribution in [0.15, 0.2) is 11.9 Å². The lowest BCUT2D eigenvalue weighted by Gasteiger charge is -2.26. The Morgan fingerprint density at radius 3 is 2.42 bits per heavy atom. The summed E-state index contributed by atoms with van der Waals surface area (Å²) in [5.74, 6) is 1.28. The van der Waals surface area contributed by atoms with Crippen LogP contribution in [-0.2, 0) is 37.4 Å². The molecule has 1 heterocycles. The van der Waals surface area contributed by atoms with Crippen molar-refractivity contribution in [2.45, 2.75) is 45.5 Å². The molecule has 0 aromatic rings. The highest BCUT2D eigenvalue weighted by Crippen LogP contribution is 2.49. The number of hydrogen-bond donors (Lipinski definition) is 0. The fourth-order valence-corrected chi connectivity index (χ4v) is 3.78. The second kappa shape index (κ2) is 10.7. The van der Waals surface area contributed by atoms with E-state index in [1.807, 2.05) is 0 Å². The van der Waals surface area contributed by atoms with Gasteiger partial charge in [-0.25, -0.2) is 0 Å². The van der Waals surface area contributed by atoms with Crippen molar-refractivity contribution in [3.05, 3.63) is 11.9 Å². The fraction of sp³-hybridized carbons (Fsp3) is 0.857. The summed E-state index contributed by atoms with van der Waals surface area (Å²) in [6.45, 7) is 4.20. The van der Waals surface area contributed by atoms with E-state index < -0.39 is 30.1 Å². The van der Waals surface area contributed by atoms with Gasteiger partial charge in [0.15, 0.2) is 6.29 Å². The highest BCUT2D eigenvalue weighted by atomic mass is 32.2. The van der Waals surface area contributed by atoms with Crippen LogP contribution in [0.5, 0.6) is 0 Å². The molecule has 0 aromatic heterocycles. The van der Waals surface area contributed by atoms with E-state index in [9.17, 15) is 13.0 Å². The maximum Gasteiger partial charge on any atom is 0.353 e. The Bertz CT molecular complexity index is 517. The average molecular weight is 386 g/mol. The molecular formula is C14H27O8PS. The van der Waals surface area contributed by atoms with Crippen LogP contribution in [-0.4, -0.2) is 53.5 Å². The molecule has 1 saturated heterocycles. The van der Waals surface area contributed by atoms with Crippen LogP contribution < -0.4 is 0 Å². The standard InChI is InChI=1S/C14H27O8PS/c1-4-19-23(15,20-5-2)11-9-13(12-21-24(3,16)17)22-14-8-6-7-10-18-14/h9,11,13-14H,4-8,10,12H2,1-3H3/t13-,14+/m0/s1. The largest absolute Gasteiger partial charge is 0.353 e. The molecule has 0 amide bonds. The Labute approximate surface area is 144 Å². The van der Waals surface area contributed by atoms with Crippen molar-refractivity contribution < 1.29 is 35.7 Å². The summed E-state index contributed by atoms with van der Waals surface area (Å²) >= 11 is 0. The number of hydrogen-bond acceptors (Lipinski definition) is 8. The van der Waals surface area contributed by atoms with Gasteiger partial charge in [-0.15, -0.1) is 0 Å². The molecule has 1 aliphatic heterocycles. The monoisotopic (exact) mass is 386 g/mol. The first-order chi connectivity index (χ1) is 11.3. The normalized spacial score (nSPS) is 21.2. The van der Waals surface area contributed by atoms with Crippen LogP contribution >= 0.6 is 7.60 Å². The van der Waals surface area contributed by atoms with Crippen LogP contribution in [0, 0.1) is 0 Å². The zero-order valence-corrected chi connectivity index (χ0v) is 16.1. The number of rotatable bonds is 11. The molecule has 2 atom stereocenters. The first-order valence-corrected chi connectivity index (χ1v) is 11.4. The summed E-state index contributed by atoms with van der Waals surface area (Å²) in [6, 6.07) is 0. The van der Waals surface area contributed by atoms with Gasteiger partial charge in [-0.1, -0.05) is 0 Å². The smallest absolute Gasteiger partial charge is 0.353 e. The van der Waals surface area contributed by atoms with E-state index in [0.717, 1.165) is 19.1 Å². The van der Waals surface area contributed by atoms with Crippen molar-refractivity contribution in [2.24, 2.45) is 0 Å². The van der Waals surface area contributed by atoms with Gasteiger partial charge in [-0.05, 0) is 39.2 Å². The van der Waals surface area contributed by atoms with E-state index in [0.29, 0.717) is 13.0 Å². The topological polar surface area (TPSA) is 97.4 Å². The first kappa shape index (κ1) is 21.8. The van der Waals surface area contributed by atoms with Crippen LogP contribution in [0.4, 0.5) is 0 Å². The van der Waals surface area contributed by atoms with Gasteiger partial charge in [0.05, 0.1) is 26.1 Å². The Kier molecular flexibility index (Phi) is 9.66. The Morgan fingerprint density at radius 2 is 1.92 bits per heavy atom.